The minimum atomic E-state index is 0.0809. The van der Waals surface area contributed by atoms with Crippen molar-refractivity contribution in [2.24, 2.45) is 0 Å². The molecule has 1 heterocycles. The summed E-state index contributed by atoms with van der Waals surface area (Å²) in [6.45, 7) is 3.14. The van der Waals surface area contributed by atoms with Gasteiger partial charge in [0.2, 0.25) is 5.91 Å². The molecule has 0 bridgehead atoms. The zero-order valence-corrected chi connectivity index (χ0v) is 8.23. The van der Waals surface area contributed by atoms with Gasteiger partial charge in [-0.15, -0.1) is 0 Å². The first-order chi connectivity index (χ1) is 6.20. The predicted octanol–water partition coefficient (Wildman–Crippen LogP) is 0.797. The molecule has 13 heavy (non-hydrogen) atoms. The van der Waals surface area contributed by atoms with Crippen LogP contribution < -0.4 is 10.6 Å². The molecule has 0 aromatic heterocycles. The van der Waals surface area contributed by atoms with E-state index in [-0.39, 0.29) is 17.5 Å². The van der Waals surface area contributed by atoms with Crippen molar-refractivity contribution < 1.29 is 4.79 Å². The van der Waals surface area contributed by atoms with Crippen LogP contribution in [0.1, 0.15) is 39.0 Å². The molecule has 1 amide bonds. The number of hydrogen-bond acceptors (Lipinski definition) is 2. The summed E-state index contributed by atoms with van der Waals surface area (Å²) in [6.07, 6.45) is 5.68. The number of rotatable bonds is 2. The molecule has 0 aromatic carbocycles. The van der Waals surface area contributed by atoms with Crippen molar-refractivity contribution in [2.75, 3.05) is 6.54 Å². The molecule has 2 fully saturated rings. The Morgan fingerprint density at radius 1 is 1.46 bits per heavy atom. The third-order valence-corrected chi connectivity index (χ3v) is 3.26. The Kier molecular flexibility index (Phi) is 2.28. The molecule has 2 aliphatic rings. The van der Waals surface area contributed by atoms with Crippen LogP contribution in [-0.2, 0) is 4.79 Å². The van der Waals surface area contributed by atoms with Gasteiger partial charge in [0.15, 0.2) is 0 Å². The molecule has 2 rings (SSSR count). The van der Waals surface area contributed by atoms with Gasteiger partial charge in [0, 0.05) is 5.54 Å². The molecule has 0 spiro atoms. The second kappa shape index (κ2) is 3.29. The summed E-state index contributed by atoms with van der Waals surface area (Å²) in [4.78, 5) is 11.7. The van der Waals surface area contributed by atoms with Gasteiger partial charge in [-0.2, -0.15) is 0 Å². The molecule has 1 aliphatic carbocycles. The summed E-state index contributed by atoms with van der Waals surface area (Å²) in [5.74, 6) is 0.208. The van der Waals surface area contributed by atoms with Gasteiger partial charge >= 0.3 is 0 Å². The summed E-state index contributed by atoms with van der Waals surface area (Å²) >= 11 is 0. The van der Waals surface area contributed by atoms with Crippen LogP contribution in [0.5, 0.6) is 0 Å². The van der Waals surface area contributed by atoms with Crippen molar-refractivity contribution in [3.8, 4) is 0 Å². The average molecular weight is 182 g/mol. The van der Waals surface area contributed by atoms with Crippen molar-refractivity contribution in [3.63, 3.8) is 0 Å². The SMILES string of the molecule is CC1(NC(=O)[C@@H]2CCCN2)CCC1. The maximum absolute atomic E-state index is 11.7. The van der Waals surface area contributed by atoms with E-state index in [2.05, 4.69) is 17.6 Å². The van der Waals surface area contributed by atoms with Crippen LogP contribution in [0.15, 0.2) is 0 Å². The molecule has 2 N–H and O–H groups in total. The summed E-state index contributed by atoms with van der Waals surface area (Å²) < 4.78 is 0. The van der Waals surface area contributed by atoms with Gasteiger partial charge in [0.05, 0.1) is 6.04 Å². The van der Waals surface area contributed by atoms with E-state index in [0.717, 1.165) is 32.2 Å². The van der Waals surface area contributed by atoms with E-state index in [0.29, 0.717) is 0 Å². The highest BCUT2D eigenvalue weighted by Gasteiger charge is 2.35. The number of nitrogens with one attached hydrogen (secondary N) is 2. The lowest BCUT2D eigenvalue weighted by Crippen LogP contribution is -2.55. The van der Waals surface area contributed by atoms with Crippen LogP contribution in [0.25, 0.3) is 0 Å². The topological polar surface area (TPSA) is 41.1 Å². The fourth-order valence-electron chi connectivity index (χ4n) is 2.12. The quantitative estimate of drug-likeness (QED) is 0.663. The minimum absolute atomic E-state index is 0.0809. The Morgan fingerprint density at radius 2 is 2.23 bits per heavy atom. The van der Waals surface area contributed by atoms with Crippen molar-refractivity contribution in [1.82, 2.24) is 10.6 Å². The molecule has 0 aromatic rings. The summed E-state index contributed by atoms with van der Waals surface area (Å²) in [6, 6.07) is 0.0809. The highest BCUT2D eigenvalue weighted by Crippen LogP contribution is 2.31. The number of carbonyl (C=O) groups excluding carboxylic acids is 1. The molecule has 0 unspecified atom stereocenters. The van der Waals surface area contributed by atoms with Gasteiger partial charge in [-0.05, 0) is 45.6 Å². The van der Waals surface area contributed by atoms with Gasteiger partial charge in [-0.1, -0.05) is 0 Å². The Balaban J connectivity index is 1.83. The third-order valence-electron chi connectivity index (χ3n) is 3.26. The van der Waals surface area contributed by atoms with Gasteiger partial charge in [-0.25, -0.2) is 0 Å². The van der Waals surface area contributed by atoms with E-state index in [9.17, 15) is 4.79 Å². The Labute approximate surface area is 79.3 Å². The van der Waals surface area contributed by atoms with Gasteiger partial charge in [-0.3, -0.25) is 4.79 Å². The lowest BCUT2D eigenvalue weighted by Gasteiger charge is -2.39. The lowest BCUT2D eigenvalue weighted by atomic mass is 9.78. The van der Waals surface area contributed by atoms with Crippen molar-refractivity contribution in [2.45, 2.75) is 50.6 Å². The van der Waals surface area contributed by atoms with E-state index in [1.54, 1.807) is 0 Å². The molecule has 3 nitrogen and oxygen atoms in total. The van der Waals surface area contributed by atoms with Crippen molar-refractivity contribution >= 4 is 5.91 Å². The van der Waals surface area contributed by atoms with E-state index < -0.39 is 0 Å². The fraction of sp³-hybridized carbons (Fsp3) is 0.900. The number of hydrogen-bond donors (Lipinski definition) is 2. The molecular formula is C10H18N2O. The zero-order chi connectivity index (χ0) is 9.31. The molecule has 1 atom stereocenters. The summed E-state index contributed by atoms with van der Waals surface area (Å²) in [7, 11) is 0. The highest BCUT2D eigenvalue weighted by molar-refractivity contribution is 5.82. The van der Waals surface area contributed by atoms with Crippen LogP contribution >= 0.6 is 0 Å². The van der Waals surface area contributed by atoms with Crippen molar-refractivity contribution in [1.29, 1.82) is 0 Å². The highest BCUT2D eigenvalue weighted by atomic mass is 16.2. The molecule has 0 radical (unpaired) electrons. The van der Waals surface area contributed by atoms with E-state index in [1.807, 2.05) is 0 Å². The first kappa shape index (κ1) is 9.00. The molecule has 74 valence electrons. The maximum Gasteiger partial charge on any atom is 0.237 e. The number of carbonyl (C=O) groups is 1. The van der Waals surface area contributed by atoms with Crippen LogP contribution in [0, 0.1) is 0 Å². The average Bonchev–Trinajstić information content (AvgIpc) is 2.53. The summed E-state index contributed by atoms with van der Waals surface area (Å²) in [5, 5.41) is 6.35. The molecular weight excluding hydrogens is 164 g/mol. The van der Waals surface area contributed by atoms with Crippen LogP contribution in [0.2, 0.25) is 0 Å². The van der Waals surface area contributed by atoms with E-state index >= 15 is 0 Å². The van der Waals surface area contributed by atoms with E-state index in [4.69, 9.17) is 0 Å². The Morgan fingerprint density at radius 3 is 2.69 bits per heavy atom. The second-order valence-corrected chi connectivity index (χ2v) is 4.55. The predicted molar refractivity (Wildman–Crippen MR) is 51.4 cm³/mol. The standard InChI is InChI=1S/C10H18N2O/c1-10(5-3-6-10)12-9(13)8-4-2-7-11-8/h8,11H,2-7H2,1H3,(H,12,13)/t8-/m0/s1. The maximum atomic E-state index is 11.7. The smallest absolute Gasteiger partial charge is 0.237 e. The summed E-state index contributed by atoms with van der Waals surface area (Å²) in [5.41, 5.74) is 0.112. The monoisotopic (exact) mass is 182 g/mol. The van der Waals surface area contributed by atoms with Crippen molar-refractivity contribution in [3.05, 3.63) is 0 Å². The first-order valence-corrected chi connectivity index (χ1v) is 5.25. The molecule has 1 saturated carbocycles. The van der Waals surface area contributed by atoms with Gasteiger partial charge in [0.25, 0.3) is 0 Å². The fourth-order valence-corrected chi connectivity index (χ4v) is 2.12. The normalized spacial score (nSPS) is 31.0. The molecule has 1 saturated heterocycles. The number of amides is 1. The second-order valence-electron chi connectivity index (χ2n) is 4.55. The first-order valence-electron chi connectivity index (χ1n) is 5.25. The molecule has 3 heteroatoms. The zero-order valence-electron chi connectivity index (χ0n) is 8.23. The Hall–Kier alpha value is -0.570. The Bertz CT molecular complexity index is 205. The van der Waals surface area contributed by atoms with Gasteiger partial charge in [0.1, 0.15) is 0 Å². The van der Waals surface area contributed by atoms with Crippen LogP contribution in [0.4, 0.5) is 0 Å². The van der Waals surface area contributed by atoms with Gasteiger partial charge < -0.3 is 10.6 Å². The lowest BCUT2D eigenvalue weighted by molar-refractivity contribution is -0.125. The minimum Gasteiger partial charge on any atom is -0.350 e. The van der Waals surface area contributed by atoms with Crippen LogP contribution in [-0.4, -0.2) is 24.0 Å². The van der Waals surface area contributed by atoms with Crippen LogP contribution in [0.3, 0.4) is 0 Å². The largest absolute Gasteiger partial charge is 0.350 e. The van der Waals surface area contributed by atoms with E-state index in [1.165, 1.54) is 6.42 Å². The third kappa shape index (κ3) is 1.85. The molecule has 1 aliphatic heterocycles.